The fourth-order valence-electron chi connectivity index (χ4n) is 0.474. The molecule has 0 aromatic rings. The molecule has 0 radical (unpaired) electrons. The van der Waals surface area contributed by atoms with E-state index in [4.69, 9.17) is 5.11 Å². The van der Waals surface area contributed by atoms with Gasteiger partial charge >= 0.3 is 0 Å². The third kappa shape index (κ3) is 1.80. The molecule has 0 aromatic heterocycles. The Hall–Kier alpha value is -0.0800. The third-order valence-corrected chi connectivity index (χ3v) is 1.61. The van der Waals surface area contributed by atoms with Gasteiger partial charge in [-0.3, -0.25) is 0 Å². The number of rotatable bonds is 3. The van der Waals surface area contributed by atoms with E-state index in [0.29, 0.717) is 12.8 Å². The number of aliphatic hydroxyl groups is 2. The highest BCUT2D eigenvalue weighted by atomic mass is 16.3. The summed E-state index contributed by atoms with van der Waals surface area (Å²) in [6.45, 7) is 3.60. The molecule has 2 heteroatoms. The molecule has 0 aliphatic rings. The molecule has 0 aliphatic heterocycles. The summed E-state index contributed by atoms with van der Waals surface area (Å²) in [4.78, 5) is 0. The van der Waals surface area contributed by atoms with Crippen LogP contribution in [0, 0.1) is 0 Å². The van der Waals surface area contributed by atoms with Gasteiger partial charge in [-0.1, -0.05) is 13.8 Å². The molecule has 0 rings (SSSR count). The molecule has 0 saturated heterocycles. The highest BCUT2D eigenvalue weighted by Gasteiger charge is 2.19. The van der Waals surface area contributed by atoms with Crippen molar-refractivity contribution in [3.05, 3.63) is 0 Å². The molecular weight excluding hydrogens is 104 g/mol. The third-order valence-electron chi connectivity index (χ3n) is 1.61. The Morgan fingerprint density at radius 2 is 1.62 bits per heavy atom. The summed E-state index contributed by atoms with van der Waals surface area (Å²) in [6, 6.07) is 0. The Kier molecular flexibility index (Phi) is 3.02. The van der Waals surface area contributed by atoms with Crippen LogP contribution in [-0.4, -0.2) is 22.4 Å². The summed E-state index contributed by atoms with van der Waals surface area (Å²) < 4.78 is 0. The average Bonchev–Trinajstić information content (AvgIpc) is 1.87. The van der Waals surface area contributed by atoms with Crippen molar-refractivity contribution in [1.29, 1.82) is 0 Å². The van der Waals surface area contributed by atoms with Crippen molar-refractivity contribution in [1.82, 2.24) is 0 Å². The highest BCUT2D eigenvalue weighted by Crippen LogP contribution is 2.11. The molecule has 0 saturated carbocycles. The van der Waals surface area contributed by atoms with E-state index < -0.39 is 5.60 Å². The van der Waals surface area contributed by atoms with Crippen LogP contribution in [0.2, 0.25) is 0 Å². The predicted molar refractivity (Wildman–Crippen MR) is 32.6 cm³/mol. The van der Waals surface area contributed by atoms with Crippen LogP contribution in [-0.2, 0) is 0 Å². The maximum atomic E-state index is 9.19. The van der Waals surface area contributed by atoms with Gasteiger partial charge in [-0.2, -0.15) is 0 Å². The van der Waals surface area contributed by atoms with Gasteiger partial charge in [0, 0.05) is 0 Å². The minimum Gasteiger partial charge on any atom is -0.393 e. The van der Waals surface area contributed by atoms with E-state index in [-0.39, 0.29) is 6.61 Å². The largest absolute Gasteiger partial charge is 0.393 e. The minimum absolute atomic E-state index is 0.125. The van der Waals surface area contributed by atoms with E-state index in [1.807, 2.05) is 13.8 Å². The molecule has 0 atom stereocenters. The molecule has 0 aliphatic carbocycles. The molecule has 0 unspecified atom stereocenters. The first kappa shape index (κ1) is 7.92. The first-order valence-electron chi connectivity index (χ1n) is 3.01. The number of aliphatic hydroxyl groups excluding tert-OH is 1. The molecule has 0 bridgehead atoms. The summed E-state index contributed by atoms with van der Waals surface area (Å²) in [7, 11) is 0. The Morgan fingerprint density at radius 3 is 1.62 bits per heavy atom. The van der Waals surface area contributed by atoms with Gasteiger partial charge in [0.2, 0.25) is 0 Å². The topological polar surface area (TPSA) is 40.5 Å². The maximum absolute atomic E-state index is 9.19. The van der Waals surface area contributed by atoms with Crippen molar-refractivity contribution in [3.8, 4) is 0 Å². The zero-order valence-electron chi connectivity index (χ0n) is 5.52. The molecule has 0 spiro atoms. The van der Waals surface area contributed by atoms with E-state index in [1.165, 1.54) is 0 Å². The fourth-order valence-corrected chi connectivity index (χ4v) is 0.474. The Bertz CT molecular complexity index is 49.3. The lowest BCUT2D eigenvalue weighted by molar-refractivity contribution is -0.0203. The summed E-state index contributed by atoms with van der Waals surface area (Å²) in [5, 5.41) is 17.7. The van der Waals surface area contributed by atoms with Crippen molar-refractivity contribution in [2.24, 2.45) is 0 Å². The first-order valence-corrected chi connectivity index (χ1v) is 3.01. The smallest absolute Gasteiger partial charge is 0.0872 e. The molecular formula is C6H14O2. The van der Waals surface area contributed by atoms with Gasteiger partial charge in [-0.15, -0.1) is 0 Å². The van der Waals surface area contributed by atoms with Gasteiger partial charge in [0.05, 0.1) is 12.2 Å². The minimum atomic E-state index is -0.819. The molecule has 8 heavy (non-hydrogen) atoms. The van der Waals surface area contributed by atoms with Crippen LogP contribution in [0.1, 0.15) is 26.7 Å². The molecule has 0 fully saturated rings. The average molecular weight is 118 g/mol. The van der Waals surface area contributed by atoms with Gasteiger partial charge in [-0.25, -0.2) is 0 Å². The second kappa shape index (κ2) is 3.05. The second-order valence-corrected chi connectivity index (χ2v) is 2.09. The zero-order chi connectivity index (χ0) is 6.62. The van der Waals surface area contributed by atoms with E-state index in [2.05, 4.69) is 0 Å². The van der Waals surface area contributed by atoms with Crippen molar-refractivity contribution in [3.63, 3.8) is 0 Å². The lowest BCUT2D eigenvalue weighted by Gasteiger charge is -2.21. The summed E-state index contributed by atoms with van der Waals surface area (Å²) >= 11 is 0. The highest BCUT2D eigenvalue weighted by molar-refractivity contribution is 4.72. The lowest BCUT2D eigenvalue weighted by atomic mass is 9.99. The predicted octanol–water partition coefficient (Wildman–Crippen LogP) is 0.530. The molecule has 50 valence electrons. The van der Waals surface area contributed by atoms with Crippen LogP contribution >= 0.6 is 0 Å². The normalized spacial score (nSPS) is 12.0. The van der Waals surface area contributed by atoms with Crippen molar-refractivity contribution in [2.45, 2.75) is 32.3 Å². The van der Waals surface area contributed by atoms with Gasteiger partial charge < -0.3 is 10.2 Å². The van der Waals surface area contributed by atoms with E-state index in [9.17, 15) is 5.11 Å². The van der Waals surface area contributed by atoms with Crippen LogP contribution in [0.5, 0.6) is 0 Å². The summed E-state index contributed by atoms with van der Waals surface area (Å²) in [5.41, 5.74) is -0.819. The lowest BCUT2D eigenvalue weighted by Crippen LogP contribution is -2.30. The van der Waals surface area contributed by atoms with Gasteiger partial charge in [-0.05, 0) is 12.8 Å². The molecule has 0 aromatic carbocycles. The SMILES string of the molecule is CCC(O)(CC)CO. The maximum Gasteiger partial charge on any atom is 0.0872 e. The molecule has 0 amide bonds. The van der Waals surface area contributed by atoms with E-state index >= 15 is 0 Å². The van der Waals surface area contributed by atoms with Gasteiger partial charge in [0.25, 0.3) is 0 Å². The van der Waals surface area contributed by atoms with E-state index in [0.717, 1.165) is 0 Å². The summed E-state index contributed by atoms with van der Waals surface area (Å²) in [5.74, 6) is 0. The standard InChI is InChI=1S/C6H14O2/c1-3-6(8,4-2)5-7/h7-8H,3-5H2,1-2H3. The van der Waals surface area contributed by atoms with Crippen LogP contribution in [0.25, 0.3) is 0 Å². The molecule has 2 N–H and O–H groups in total. The Morgan fingerprint density at radius 1 is 1.25 bits per heavy atom. The Labute approximate surface area is 50.2 Å². The van der Waals surface area contributed by atoms with Crippen molar-refractivity contribution >= 4 is 0 Å². The first-order chi connectivity index (χ1) is 3.68. The van der Waals surface area contributed by atoms with Crippen LogP contribution in [0.15, 0.2) is 0 Å². The van der Waals surface area contributed by atoms with Crippen LogP contribution < -0.4 is 0 Å². The second-order valence-electron chi connectivity index (χ2n) is 2.09. The van der Waals surface area contributed by atoms with Gasteiger partial charge in [0.15, 0.2) is 0 Å². The molecule has 2 nitrogen and oxygen atoms in total. The molecule has 0 heterocycles. The van der Waals surface area contributed by atoms with Crippen LogP contribution in [0.4, 0.5) is 0 Å². The van der Waals surface area contributed by atoms with Gasteiger partial charge in [0.1, 0.15) is 0 Å². The zero-order valence-corrected chi connectivity index (χ0v) is 5.52. The van der Waals surface area contributed by atoms with E-state index in [1.54, 1.807) is 0 Å². The quantitative estimate of drug-likeness (QED) is 0.567. The summed E-state index contributed by atoms with van der Waals surface area (Å²) in [6.07, 6.45) is 1.25. The fraction of sp³-hybridized carbons (Fsp3) is 1.00. The number of hydrogen-bond acceptors (Lipinski definition) is 2. The Balaban J connectivity index is 3.58. The van der Waals surface area contributed by atoms with Crippen molar-refractivity contribution in [2.75, 3.05) is 6.61 Å². The van der Waals surface area contributed by atoms with Crippen molar-refractivity contribution < 1.29 is 10.2 Å². The monoisotopic (exact) mass is 118 g/mol. The number of hydrogen-bond donors (Lipinski definition) is 2. The van der Waals surface area contributed by atoms with Crippen LogP contribution in [0.3, 0.4) is 0 Å².